The molecule has 3 nitrogen and oxygen atoms in total. The summed E-state index contributed by atoms with van der Waals surface area (Å²) in [6.45, 7) is 4.10. The van der Waals surface area contributed by atoms with Crippen LogP contribution in [0.1, 0.15) is 28.3 Å². The lowest BCUT2D eigenvalue weighted by atomic mass is 9.94. The zero-order valence-electron chi connectivity index (χ0n) is 9.88. The molecule has 17 heavy (non-hydrogen) atoms. The van der Waals surface area contributed by atoms with Gasteiger partial charge in [-0.1, -0.05) is 18.2 Å². The fourth-order valence-corrected chi connectivity index (χ4v) is 1.72. The average molecular weight is 223 g/mol. The summed E-state index contributed by atoms with van der Waals surface area (Å²) < 4.78 is 0. The Bertz CT molecular complexity index is 555. The minimum Gasteiger partial charge on any atom is -0.197 e. The van der Waals surface area contributed by atoms with Gasteiger partial charge in [0.2, 0.25) is 0 Å². The second-order valence-corrected chi connectivity index (χ2v) is 4.05. The second-order valence-electron chi connectivity index (χ2n) is 4.05. The van der Waals surface area contributed by atoms with E-state index >= 15 is 0 Å². The van der Waals surface area contributed by atoms with Crippen LogP contribution in [0.15, 0.2) is 36.5 Å². The lowest BCUT2D eigenvalue weighted by Gasteiger charge is -2.10. The zero-order valence-corrected chi connectivity index (χ0v) is 9.88. The third kappa shape index (κ3) is 2.31. The maximum atomic E-state index is 9.28. The molecule has 1 aromatic heterocycles. The maximum Gasteiger partial charge on any atom is 0.115 e. The van der Waals surface area contributed by atoms with Crippen LogP contribution in [0, 0.1) is 25.2 Å². The predicted octanol–water partition coefficient (Wildman–Crippen LogP) is 2.75. The van der Waals surface area contributed by atoms with E-state index < -0.39 is 0 Å². The molecule has 0 radical (unpaired) electrons. The molecule has 0 bridgehead atoms. The van der Waals surface area contributed by atoms with E-state index in [1.54, 1.807) is 12.3 Å². The Kier molecular flexibility index (Phi) is 3.15. The second kappa shape index (κ2) is 4.75. The number of benzene rings is 1. The molecule has 0 aliphatic rings. The van der Waals surface area contributed by atoms with E-state index in [9.17, 15) is 5.26 Å². The molecule has 0 aliphatic heterocycles. The minimum absolute atomic E-state index is 0.344. The van der Waals surface area contributed by atoms with Gasteiger partial charge in [-0.25, -0.2) is 0 Å². The van der Waals surface area contributed by atoms with Crippen LogP contribution >= 0.6 is 0 Å². The van der Waals surface area contributed by atoms with Crippen molar-refractivity contribution < 1.29 is 0 Å². The Morgan fingerprint density at radius 1 is 1.18 bits per heavy atom. The van der Waals surface area contributed by atoms with Crippen molar-refractivity contribution in [1.82, 2.24) is 10.2 Å². The number of hydrogen-bond donors (Lipinski definition) is 0. The lowest BCUT2D eigenvalue weighted by molar-refractivity contribution is 0.883. The van der Waals surface area contributed by atoms with Crippen molar-refractivity contribution in [3.05, 3.63) is 58.9 Å². The molecule has 2 rings (SSSR count). The molecule has 0 amide bonds. The maximum absolute atomic E-state index is 9.28. The number of hydrogen-bond acceptors (Lipinski definition) is 3. The molecule has 1 aromatic carbocycles. The summed E-state index contributed by atoms with van der Waals surface area (Å²) in [6, 6.07) is 12.0. The van der Waals surface area contributed by atoms with E-state index in [0.29, 0.717) is 5.69 Å². The normalized spacial score (nSPS) is 11.8. The van der Waals surface area contributed by atoms with E-state index in [1.807, 2.05) is 31.2 Å². The summed E-state index contributed by atoms with van der Waals surface area (Å²) in [5.41, 5.74) is 4.07. The molecule has 3 heteroatoms. The van der Waals surface area contributed by atoms with E-state index in [2.05, 4.69) is 23.2 Å². The van der Waals surface area contributed by atoms with Gasteiger partial charge < -0.3 is 0 Å². The Morgan fingerprint density at radius 2 is 2.00 bits per heavy atom. The summed E-state index contributed by atoms with van der Waals surface area (Å²) >= 11 is 0. The van der Waals surface area contributed by atoms with Gasteiger partial charge in [0.25, 0.3) is 0 Å². The first-order valence-corrected chi connectivity index (χ1v) is 5.46. The van der Waals surface area contributed by atoms with Gasteiger partial charge in [-0.2, -0.15) is 15.5 Å². The topological polar surface area (TPSA) is 49.6 Å². The van der Waals surface area contributed by atoms with Gasteiger partial charge in [-0.3, -0.25) is 0 Å². The average Bonchev–Trinajstić information content (AvgIpc) is 2.36. The van der Waals surface area contributed by atoms with Gasteiger partial charge in [0, 0.05) is 6.20 Å². The van der Waals surface area contributed by atoms with Gasteiger partial charge in [-0.05, 0) is 42.7 Å². The molecule has 0 aliphatic carbocycles. The smallest absolute Gasteiger partial charge is 0.115 e. The molecule has 0 fully saturated rings. The molecule has 0 saturated heterocycles. The van der Waals surface area contributed by atoms with E-state index in [1.165, 1.54) is 11.1 Å². The van der Waals surface area contributed by atoms with Crippen molar-refractivity contribution in [3.63, 3.8) is 0 Å². The molecular weight excluding hydrogens is 210 g/mol. The van der Waals surface area contributed by atoms with E-state index in [4.69, 9.17) is 0 Å². The highest BCUT2D eigenvalue weighted by Crippen LogP contribution is 2.23. The number of nitrogens with zero attached hydrogens (tertiary/aromatic N) is 3. The Balaban J connectivity index is 2.44. The zero-order chi connectivity index (χ0) is 12.3. The standard InChI is InChI=1S/C14H13N3/c1-10-5-6-12(8-11(10)2)13(9-15)14-4-3-7-16-17-14/h3-8,13H,1-2H3. The number of aromatic nitrogens is 2. The predicted molar refractivity (Wildman–Crippen MR) is 65.4 cm³/mol. The van der Waals surface area contributed by atoms with Crippen LogP contribution in [0.2, 0.25) is 0 Å². The highest BCUT2D eigenvalue weighted by atomic mass is 15.1. The largest absolute Gasteiger partial charge is 0.197 e. The fourth-order valence-electron chi connectivity index (χ4n) is 1.72. The van der Waals surface area contributed by atoms with Crippen LogP contribution in [0.5, 0.6) is 0 Å². The summed E-state index contributed by atoms with van der Waals surface area (Å²) in [5, 5.41) is 17.1. The van der Waals surface area contributed by atoms with Crippen molar-refractivity contribution >= 4 is 0 Å². The summed E-state index contributed by atoms with van der Waals surface area (Å²) in [4.78, 5) is 0. The first kappa shape index (κ1) is 11.3. The van der Waals surface area contributed by atoms with Gasteiger partial charge in [0.15, 0.2) is 0 Å². The van der Waals surface area contributed by atoms with Crippen molar-refractivity contribution in [2.24, 2.45) is 0 Å². The van der Waals surface area contributed by atoms with Gasteiger partial charge >= 0.3 is 0 Å². The highest BCUT2D eigenvalue weighted by Gasteiger charge is 2.15. The minimum atomic E-state index is -0.344. The fraction of sp³-hybridized carbons (Fsp3) is 0.214. The van der Waals surface area contributed by atoms with Crippen LogP contribution in [-0.4, -0.2) is 10.2 Å². The number of nitriles is 1. The highest BCUT2D eigenvalue weighted by molar-refractivity contribution is 5.38. The monoisotopic (exact) mass is 223 g/mol. The Hall–Kier alpha value is -2.21. The molecule has 0 N–H and O–H groups in total. The lowest BCUT2D eigenvalue weighted by Crippen LogP contribution is -2.02. The molecular formula is C14H13N3. The quantitative estimate of drug-likeness (QED) is 0.786. The molecule has 1 atom stereocenters. The first-order chi connectivity index (χ1) is 8.22. The first-order valence-electron chi connectivity index (χ1n) is 5.46. The van der Waals surface area contributed by atoms with Crippen LogP contribution < -0.4 is 0 Å². The third-order valence-electron chi connectivity index (χ3n) is 2.88. The van der Waals surface area contributed by atoms with Crippen molar-refractivity contribution in [2.45, 2.75) is 19.8 Å². The van der Waals surface area contributed by atoms with Gasteiger partial charge in [-0.15, -0.1) is 0 Å². The van der Waals surface area contributed by atoms with Crippen LogP contribution in [0.3, 0.4) is 0 Å². The Morgan fingerprint density at radius 3 is 2.59 bits per heavy atom. The molecule has 1 heterocycles. The van der Waals surface area contributed by atoms with Gasteiger partial charge in [0.1, 0.15) is 5.92 Å². The van der Waals surface area contributed by atoms with Gasteiger partial charge in [0.05, 0.1) is 11.8 Å². The van der Waals surface area contributed by atoms with Crippen LogP contribution in [0.4, 0.5) is 0 Å². The number of aryl methyl sites for hydroxylation is 2. The Labute approximate surface area is 101 Å². The molecule has 2 aromatic rings. The summed E-state index contributed by atoms with van der Waals surface area (Å²) in [5.74, 6) is -0.344. The number of rotatable bonds is 2. The van der Waals surface area contributed by atoms with Crippen molar-refractivity contribution in [3.8, 4) is 6.07 Å². The van der Waals surface area contributed by atoms with Crippen LogP contribution in [-0.2, 0) is 0 Å². The molecule has 0 saturated carbocycles. The summed E-state index contributed by atoms with van der Waals surface area (Å²) in [6.07, 6.45) is 1.61. The van der Waals surface area contributed by atoms with Crippen molar-refractivity contribution in [1.29, 1.82) is 5.26 Å². The van der Waals surface area contributed by atoms with Crippen LogP contribution in [0.25, 0.3) is 0 Å². The summed E-state index contributed by atoms with van der Waals surface area (Å²) in [7, 11) is 0. The van der Waals surface area contributed by atoms with E-state index in [-0.39, 0.29) is 5.92 Å². The molecule has 1 unspecified atom stereocenters. The molecule has 84 valence electrons. The molecule has 0 spiro atoms. The van der Waals surface area contributed by atoms with E-state index in [0.717, 1.165) is 5.56 Å². The van der Waals surface area contributed by atoms with Crippen molar-refractivity contribution in [2.75, 3.05) is 0 Å². The third-order valence-corrected chi connectivity index (χ3v) is 2.88. The SMILES string of the molecule is Cc1ccc(C(C#N)c2cccnn2)cc1C.